The number of non-ortho nitro benzene ring substituents is 1. The molecule has 0 saturated carbocycles. The molecular weight excluding hydrogens is 404 g/mol. The number of benzene rings is 2. The van der Waals surface area contributed by atoms with Crippen molar-refractivity contribution in [2.24, 2.45) is 0 Å². The van der Waals surface area contributed by atoms with Crippen LogP contribution in [-0.2, 0) is 16.1 Å². The van der Waals surface area contributed by atoms with Crippen LogP contribution in [0.15, 0.2) is 77.0 Å². The zero-order valence-corrected chi connectivity index (χ0v) is 16.4. The first-order valence-electron chi connectivity index (χ1n) is 9.07. The van der Waals surface area contributed by atoms with Crippen molar-refractivity contribution in [1.82, 2.24) is 5.32 Å². The Balaban J connectivity index is 1.84. The van der Waals surface area contributed by atoms with Crippen LogP contribution in [-0.4, -0.2) is 23.9 Å². The second-order valence-corrected chi connectivity index (χ2v) is 6.25. The summed E-state index contributed by atoms with van der Waals surface area (Å²) in [6, 6.07) is 15.2. The number of nitrogens with one attached hydrogen (secondary N) is 1. The highest BCUT2D eigenvalue weighted by Crippen LogP contribution is 2.16. The van der Waals surface area contributed by atoms with Gasteiger partial charge < -0.3 is 19.2 Å². The van der Waals surface area contributed by atoms with Gasteiger partial charge in [-0.05, 0) is 42.0 Å². The van der Waals surface area contributed by atoms with E-state index in [1.54, 1.807) is 36.4 Å². The molecule has 0 spiro atoms. The number of esters is 1. The van der Waals surface area contributed by atoms with Crippen molar-refractivity contribution in [2.75, 3.05) is 7.11 Å². The fraction of sp³-hybridized carbons (Fsp3) is 0.0909. The van der Waals surface area contributed by atoms with Gasteiger partial charge in [0.2, 0.25) is 0 Å². The van der Waals surface area contributed by atoms with E-state index in [0.717, 1.165) is 6.07 Å². The first-order valence-corrected chi connectivity index (χ1v) is 9.07. The third-order valence-corrected chi connectivity index (χ3v) is 4.14. The molecule has 1 heterocycles. The molecule has 0 aliphatic rings. The Labute approximate surface area is 177 Å². The molecule has 0 fully saturated rings. The van der Waals surface area contributed by atoms with E-state index < -0.39 is 16.8 Å². The monoisotopic (exact) mass is 422 g/mol. The van der Waals surface area contributed by atoms with E-state index >= 15 is 0 Å². The van der Waals surface area contributed by atoms with E-state index in [0.29, 0.717) is 17.1 Å². The largest absolute Gasteiger partial charge is 0.497 e. The van der Waals surface area contributed by atoms with Crippen molar-refractivity contribution >= 4 is 23.6 Å². The first-order chi connectivity index (χ1) is 15.0. The summed E-state index contributed by atoms with van der Waals surface area (Å²) < 4.78 is 15.5. The molecule has 3 rings (SSSR count). The van der Waals surface area contributed by atoms with Crippen molar-refractivity contribution in [3.63, 3.8) is 0 Å². The van der Waals surface area contributed by atoms with Gasteiger partial charge in [0.15, 0.2) is 0 Å². The number of carbonyl (C=O) groups is 2. The predicted molar refractivity (Wildman–Crippen MR) is 110 cm³/mol. The van der Waals surface area contributed by atoms with Gasteiger partial charge in [-0.2, -0.15) is 0 Å². The average molecular weight is 422 g/mol. The molecule has 0 aliphatic carbocycles. The summed E-state index contributed by atoms with van der Waals surface area (Å²) in [7, 11) is 1.53. The molecule has 0 atom stereocenters. The van der Waals surface area contributed by atoms with E-state index in [-0.39, 0.29) is 23.6 Å². The average Bonchev–Trinajstić information content (AvgIpc) is 3.31. The number of rotatable bonds is 8. The lowest BCUT2D eigenvalue weighted by molar-refractivity contribution is -0.384. The van der Waals surface area contributed by atoms with Gasteiger partial charge in [0.05, 0.1) is 18.3 Å². The second kappa shape index (κ2) is 9.88. The zero-order chi connectivity index (χ0) is 22.2. The summed E-state index contributed by atoms with van der Waals surface area (Å²) >= 11 is 0. The number of ether oxygens (including phenoxy) is 2. The minimum absolute atomic E-state index is 0.0219. The summed E-state index contributed by atoms with van der Waals surface area (Å²) in [4.78, 5) is 35.6. The van der Waals surface area contributed by atoms with Crippen LogP contribution in [0, 0.1) is 10.1 Å². The van der Waals surface area contributed by atoms with Crippen LogP contribution in [0.3, 0.4) is 0 Å². The van der Waals surface area contributed by atoms with Crippen molar-refractivity contribution in [3.8, 4) is 5.75 Å². The van der Waals surface area contributed by atoms with Crippen molar-refractivity contribution in [2.45, 2.75) is 6.61 Å². The van der Waals surface area contributed by atoms with Gasteiger partial charge >= 0.3 is 5.97 Å². The smallest absolute Gasteiger partial charge is 0.355 e. The first kappa shape index (κ1) is 21.3. The lowest BCUT2D eigenvalue weighted by Crippen LogP contribution is -2.28. The molecule has 2 aromatic carbocycles. The number of hydrogen-bond acceptors (Lipinski definition) is 7. The van der Waals surface area contributed by atoms with Gasteiger partial charge in [-0.1, -0.05) is 18.2 Å². The van der Waals surface area contributed by atoms with Crippen LogP contribution < -0.4 is 10.1 Å². The van der Waals surface area contributed by atoms with E-state index in [1.165, 1.54) is 37.6 Å². The standard InChI is InChI=1S/C22H18N2O7/c1-29-18-9-7-15(8-10-18)12-20(22(26)31-14-19-6-3-11-30-19)23-21(25)16-4-2-5-17(13-16)24(27)28/h2-13H,14H2,1H3,(H,23,25)/b20-12-. The molecule has 31 heavy (non-hydrogen) atoms. The summed E-state index contributed by atoms with van der Waals surface area (Å²) in [6.07, 6.45) is 2.88. The maximum atomic E-state index is 12.6. The molecule has 0 aliphatic heterocycles. The number of hydrogen-bond donors (Lipinski definition) is 1. The van der Waals surface area contributed by atoms with Crippen molar-refractivity contribution < 1.29 is 28.4 Å². The van der Waals surface area contributed by atoms with Gasteiger partial charge in [0.1, 0.15) is 23.8 Å². The number of nitro groups is 1. The summed E-state index contributed by atoms with van der Waals surface area (Å²) in [5.74, 6) is -0.439. The van der Waals surface area contributed by atoms with Crippen LogP contribution in [0.1, 0.15) is 21.7 Å². The lowest BCUT2D eigenvalue weighted by Gasteiger charge is -2.10. The van der Waals surface area contributed by atoms with Crippen LogP contribution in [0.4, 0.5) is 5.69 Å². The van der Waals surface area contributed by atoms with Gasteiger partial charge in [0.25, 0.3) is 11.6 Å². The Morgan fingerprint density at radius 1 is 1.13 bits per heavy atom. The highest BCUT2D eigenvalue weighted by Gasteiger charge is 2.18. The normalized spacial score (nSPS) is 10.9. The molecule has 0 bridgehead atoms. The van der Waals surface area contributed by atoms with Crippen molar-refractivity contribution in [3.05, 3.63) is 99.6 Å². The number of furan rings is 1. The van der Waals surface area contributed by atoms with Gasteiger partial charge in [-0.25, -0.2) is 4.79 Å². The molecule has 1 aromatic heterocycles. The summed E-state index contributed by atoms with van der Waals surface area (Å²) in [5.41, 5.74) is 0.237. The Hall–Kier alpha value is -4.40. The Morgan fingerprint density at radius 2 is 1.90 bits per heavy atom. The van der Waals surface area contributed by atoms with Gasteiger partial charge in [-0.3, -0.25) is 14.9 Å². The van der Waals surface area contributed by atoms with Crippen LogP contribution in [0.2, 0.25) is 0 Å². The fourth-order valence-electron chi connectivity index (χ4n) is 2.58. The molecule has 158 valence electrons. The fourth-order valence-corrected chi connectivity index (χ4v) is 2.58. The molecule has 0 unspecified atom stereocenters. The Kier molecular flexibility index (Phi) is 6.79. The van der Waals surface area contributed by atoms with E-state index in [2.05, 4.69) is 5.32 Å². The minimum Gasteiger partial charge on any atom is -0.497 e. The summed E-state index contributed by atoms with van der Waals surface area (Å²) in [6.45, 7) is -0.127. The molecule has 9 heteroatoms. The van der Waals surface area contributed by atoms with E-state index in [9.17, 15) is 19.7 Å². The molecular formula is C22H18N2O7. The molecule has 9 nitrogen and oxygen atoms in total. The minimum atomic E-state index is -0.800. The number of amides is 1. The quantitative estimate of drug-likeness (QED) is 0.254. The third kappa shape index (κ3) is 5.80. The molecule has 3 aromatic rings. The number of nitro benzene ring substituents is 1. The van der Waals surface area contributed by atoms with Crippen molar-refractivity contribution in [1.29, 1.82) is 0 Å². The van der Waals surface area contributed by atoms with Crippen LogP contribution in [0.25, 0.3) is 6.08 Å². The Bertz CT molecular complexity index is 1100. The van der Waals surface area contributed by atoms with Gasteiger partial charge in [-0.15, -0.1) is 0 Å². The van der Waals surface area contributed by atoms with E-state index in [1.807, 2.05) is 0 Å². The molecule has 1 N–H and O–H groups in total. The predicted octanol–water partition coefficient (Wildman–Crippen LogP) is 3.71. The summed E-state index contributed by atoms with van der Waals surface area (Å²) in [5, 5.41) is 13.4. The SMILES string of the molecule is COc1ccc(/C=C(\NC(=O)c2cccc([N+](=O)[O-])c2)C(=O)OCc2ccco2)cc1. The number of methoxy groups -OCH3 is 1. The Morgan fingerprint density at radius 3 is 2.55 bits per heavy atom. The second-order valence-electron chi connectivity index (χ2n) is 6.25. The third-order valence-electron chi connectivity index (χ3n) is 4.14. The molecule has 0 radical (unpaired) electrons. The number of carbonyl (C=O) groups excluding carboxylic acids is 2. The highest BCUT2D eigenvalue weighted by atomic mass is 16.6. The van der Waals surface area contributed by atoms with Crippen LogP contribution in [0.5, 0.6) is 5.75 Å². The van der Waals surface area contributed by atoms with E-state index in [4.69, 9.17) is 13.9 Å². The van der Waals surface area contributed by atoms with Gasteiger partial charge in [0, 0.05) is 17.7 Å². The topological polar surface area (TPSA) is 121 Å². The maximum Gasteiger partial charge on any atom is 0.355 e. The number of nitrogens with zero attached hydrogens (tertiary/aromatic N) is 1. The molecule has 0 saturated heterocycles. The zero-order valence-electron chi connectivity index (χ0n) is 16.4. The highest BCUT2D eigenvalue weighted by molar-refractivity contribution is 6.03. The lowest BCUT2D eigenvalue weighted by atomic mass is 10.1. The molecule has 1 amide bonds. The maximum absolute atomic E-state index is 12.6. The van der Waals surface area contributed by atoms with Crippen LogP contribution >= 0.6 is 0 Å².